The molecule has 4 nitrogen and oxygen atoms in total. The monoisotopic (exact) mass is 804 g/mol. The summed E-state index contributed by atoms with van der Waals surface area (Å²) < 4.78 is 0. The predicted molar refractivity (Wildman–Crippen MR) is 267 cm³/mol. The van der Waals surface area contributed by atoms with Gasteiger partial charge in [-0.15, -0.1) is 0 Å². The molecule has 2 aliphatic rings. The van der Waals surface area contributed by atoms with Gasteiger partial charge in [-0.3, -0.25) is 0 Å². The molecule has 0 fully saturated rings. The van der Waals surface area contributed by atoms with E-state index in [-0.39, 0.29) is 6.71 Å². The summed E-state index contributed by atoms with van der Waals surface area (Å²) in [6, 6.07) is 90.3. The van der Waals surface area contributed by atoms with Crippen LogP contribution >= 0.6 is 0 Å². The van der Waals surface area contributed by atoms with Gasteiger partial charge >= 0.3 is 0 Å². The van der Waals surface area contributed by atoms with Crippen molar-refractivity contribution in [2.24, 2.45) is 0 Å². The number of para-hydroxylation sites is 6. The largest absolute Gasteiger partial charge is 0.311 e. The van der Waals surface area contributed by atoms with E-state index >= 15 is 0 Å². The Hall–Kier alpha value is -8.28. The normalized spacial score (nSPS) is 12.3. The lowest BCUT2D eigenvalue weighted by molar-refractivity contribution is 1.22. The van der Waals surface area contributed by atoms with E-state index < -0.39 is 0 Å². The lowest BCUT2D eigenvalue weighted by Gasteiger charge is -2.45. The Morgan fingerprint density at radius 3 is 1.27 bits per heavy atom. The maximum Gasteiger partial charge on any atom is 0.252 e. The van der Waals surface area contributed by atoms with E-state index in [0.29, 0.717) is 0 Å². The van der Waals surface area contributed by atoms with Gasteiger partial charge in [-0.2, -0.15) is 0 Å². The first-order valence-electron chi connectivity index (χ1n) is 21.6. The molecule has 0 saturated carbocycles. The van der Waals surface area contributed by atoms with Crippen LogP contribution in [0.4, 0.5) is 68.2 Å². The summed E-state index contributed by atoms with van der Waals surface area (Å²) >= 11 is 0. The molecule has 12 rings (SSSR count). The van der Waals surface area contributed by atoms with Crippen LogP contribution in [-0.2, 0) is 0 Å². The van der Waals surface area contributed by atoms with Gasteiger partial charge in [0.05, 0.1) is 5.69 Å². The molecule has 5 heteroatoms. The first-order valence-corrected chi connectivity index (χ1v) is 21.6. The second-order valence-corrected chi connectivity index (χ2v) is 16.2. The van der Waals surface area contributed by atoms with E-state index in [1.54, 1.807) is 0 Å². The average Bonchev–Trinajstić information content (AvgIpc) is 3.35. The van der Waals surface area contributed by atoms with E-state index in [1.165, 1.54) is 32.8 Å². The summed E-state index contributed by atoms with van der Waals surface area (Å²) in [5, 5.41) is 2.43. The first kappa shape index (κ1) is 36.6. The highest BCUT2D eigenvalue weighted by Crippen LogP contribution is 2.49. The lowest BCUT2D eigenvalue weighted by Crippen LogP contribution is -2.61. The van der Waals surface area contributed by atoms with Crippen molar-refractivity contribution in [2.45, 2.75) is 0 Å². The number of fused-ring (bicyclic) bond motifs is 5. The Morgan fingerprint density at radius 1 is 0.270 bits per heavy atom. The SMILES string of the molecule is c1ccc(N(c2ccccc2)c2cc3c4c(c2)N(c2ccccc2)c2cc(N(c5ccccc5)c5ccc6ccccc6c5)ccc2B4c2ccccc2N3c2ccccc2)cc1. The van der Waals surface area contributed by atoms with Gasteiger partial charge in [0.25, 0.3) is 6.71 Å². The third-order valence-electron chi connectivity index (χ3n) is 12.5. The molecular formula is C58H41BN4. The van der Waals surface area contributed by atoms with Crippen molar-refractivity contribution in [3.63, 3.8) is 0 Å². The zero-order chi connectivity index (χ0) is 41.7. The molecular weight excluding hydrogens is 763 g/mol. The summed E-state index contributed by atoms with van der Waals surface area (Å²) in [7, 11) is 0. The maximum absolute atomic E-state index is 2.51. The van der Waals surface area contributed by atoms with Crippen molar-refractivity contribution in [3.8, 4) is 0 Å². The highest BCUT2D eigenvalue weighted by atomic mass is 15.2. The lowest BCUT2D eigenvalue weighted by atomic mass is 9.33. The Morgan fingerprint density at radius 2 is 0.683 bits per heavy atom. The van der Waals surface area contributed by atoms with Gasteiger partial charge in [-0.05, 0) is 130 Å². The Bertz CT molecular complexity index is 3210. The molecule has 0 aliphatic carbocycles. The zero-order valence-electron chi connectivity index (χ0n) is 34.5. The Kier molecular flexibility index (Phi) is 8.89. The third kappa shape index (κ3) is 6.24. The quantitative estimate of drug-likeness (QED) is 0.142. The molecule has 0 aromatic heterocycles. The van der Waals surface area contributed by atoms with Crippen LogP contribution in [0, 0.1) is 0 Å². The van der Waals surface area contributed by atoms with Gasteiger partial charge < -0.3 is 19.6 Å². The number of nitrogens with zero attached hydrogens (tertiary/aromatic N) is 4. The molecule has 2 aliphatic heterocycles. The molecule has 0 unspecified atom stereocenters. The molecule has 0 atom stereocenters. The number of benzene rings is 10. The van der Waals surface area contributed by atoms with E-state index in [2.05, 4.69) is 268 Å². The van der Waals surface area contributed by atoms with Gasteiger partial charge in [-0.1, -0.05) is 146 Å². The minimum absolute atomic E-state index is 0.0306. The van der Waals surface area contributed by atoms with Gasteiger partial charge in [0.2, 0.25) is 0 Å². The number of rotatable bonds is 8. The van der Waals surface area contributed by atoms with Crippen LogP contribution in [0.3, 0.4) is 0 Å². The predicted octanol–water partition coefficient (Wildman–Crippen LogP) is 13.9. The Labute approximate surface area is 368 Å². The van der Waals surface area contributed by atoms with Crippen LogP contribution in [0.1, 0.15) is 0 Å². The molecule has 63 heavy (non-hydrogen) atoms. The summed E-state index contributed by atoms with van der Waals surface area (Å²) in [6.45, 7) is -0.0306. The molecule has 0 spiro atoms. The fourth-order valence-corrected chi connectivity index (χ4v) is 9.84. The van der Waals surface area contributed by atoms with Crippen molar-refractivity contribution < 1.29 is 0 Å². The Balaban J connectivity index is 1.16. The topological polar surface area (TPSA) is 13.0 Å². The zero-order valence-corrected chi connectivity index (χ0v) is 34.5. The van der Waals surface area contributed by atoms with Crippen LogP contribution in [-0.4, -0.2) is 6.71 Å². The van der Waals surface area contributed by atoms with Crippen LogP contribution in [0.5, 0.6) is 0 Å². The first-order chi connectivity index (χ1) is 31.3. The summed E-state index contributed by atoms with van der Waals surface area (Å²) in [5.41, 5.74) is 17.2. The standard InChI is InChI=1S/C58H41BN4/c1-6-22-44(23-7-1)60(45-24-8-2-9-25-45)51-40-56-58-57(41-51)63(48-30-14-5-15-31-48)55-39-50(61(46-26-10-3-11-27-46)49-35-34-42-20-16-17-21-43(42)38-49)36-37-53(55)59(58)52-32-18-19-33-54(52)62(56)47-28-12-4-13-29-47/h1-41H. The fourth-order valence-electron chi connectivity index (χ4n) is 9.84. The van der Waals surface area contributed by atoms with Gasteiger partial charge in [0.15, 0.2) is 0 Å². The molecule has 0 N–H and O–H groups in total. The van der Waals surface area contributed by atoms with Gasteiger partial charge in [0.1, 0.15) is 0 Å². The highest BCUT2D eigenvalue weighted by molar-refractivity contribution is 7.00. The van der Waals surface area contributed by atoms with E-state index in [1.807, 2.05) is 0 Å². The highest BCUT2D eigenvalue weighted by Gasteiger charge is 2.44. The molecule has 0 radical (unpaired) electrons. The van der Waals surface area contributed by atoms with Crippen molar-refractivity contribution in [1.29, 1.82) is 0 Å². The smallest absolute Gasteiger partial charge is 0.252 e. The molecule has 0 bridgehead atoms. The number of hydrogen-bond donors (Lipinski definition) is 0. The maximum atomic E-state index is 2.51. The summed E-state index contributed by atoms with van der Waals surface area (Å²) in [4.78, 5) is 9.77. The van der Waals surface area contributed by atoms with Crippen LogP contribution < -0.4 is 36.0 Å². The number of anilines is 12. The minimum Gasteiger partial charge on any atom is -0.311 e. The molecule has 10 aromatic carbocycles. The molecule has 2 heterocycles. The van der Waals surface area contributed by atoms with E-state index in [9.17, 15) is 0 Å². The van der Waals surface area contributed by atoms with Crippen molar-refractivity contribution in [3.05, 3.63) is 249 Å². The second kappa shape index (κ2) is 15.3. The van der Waals surface area contributed by atoms with Crippen LogP contribution in [0.25, 0.3) is 10.8 Å². The van der Waals surface area contributed by atoms with E-state index in [0.717, 1.165) is 62.6 Å². The van der Waals surface area contributed by atoms with Gasteiger partial charge in [-0.25, -0.2) is 0 Å². The fraction of sp³-hybridized carbons (Fsp3) is 0. The van der Waals surface area contributed by atoms with Crippen LogP contribution in [0.2, 0.25) is 0 Å². The van der Waals surface area contributed by atoms with E-state index in [4.69, 9.17) is 0 Å². The summed E-state index contributed by atoms with van der Waals surface area (Å²) in [6.07, 6.45) is 0. The van der Waals surface area contributed by atoms with Gasteiger partial charge in [0, 0.05) is 62.6 Å². The average molecular weight is 805 g/mol. The molecule has 0 amide bonds. The molecule has 0 saturated heterocycles. The van der Waals surface area contributed by atoms with Crippen molar-refractivity contribution in [2.75, 3.05) is 19.6 Å². The minimum atomic E-state index is -0.0306. The third-order valence-corrected chi connectivity index (χ3v) is 12.5. The van der Waals surface area contributed by atoms with Crippen LogP contribution in [0.15, 0.2) is 249 Å². The second-order valence-electron chi connectivity index (χ2n) is 16.2. The molecule has 10 aromatic rings. The summed E-state index contributed by atoms with van der Waals surface area (Å²) in [5.74, 6) is 0. The number of hydrogen-bond acceptors (Lipinski definition) is 4. The van der Waals surface area contributed by atoms with Crippen molar-refractivity contribution >= 4 is 102 Å². The molecule has 296 valence electrons. The van der Waals surface area contributed by atoms with Crippen molar-refractivity contribution in [1.82, 2.24) is 0 Å².